The number of anilines is 1. The maximum atomic E-state index is 12.1. The lowest BCUT2D eigenvalue weighted by molar-refractivity contribution is -0.384. The Kier molecular flexibility index (Phi) is 5.04. The smallest absolute Gasteiger partial charge is 0.326 e. The van der Waals surface area contributed by atoms with Gasteiger partial charge in [0.1, 0.15) is 18.9 Å². The molecule has 3 rings (SSSR count). The Morgan fingerprint density at radius 3 is 2.85 bits per heavy atom. The minimum absolute atomic E-state index is 0.000279. The Bertz CT molecular complexity index is 885. The third kappa shape index (κ3) is 3.92. The number of nitrogens with zero attached hydrogens (tertiary/aromatic N) is 2. The van der Waals surface area contributed by atoms with Crippen LogP contribution >= 0.6 is 11.6 Å². The molecule has 26 heavy (non-hydrogen) atoms. The molecule has 8 nitrogen and oxygen atoms in total. The molecular weight excluding hydrogens is 364 g/mol. The molecule has 1 aliphatic heterocycles. The number of ether oxygens (including phenoxy) is 2. The van der Waals surface area contributed by atoms with E-state index < -0.39 is 16.8 Å². The van der Waals surface area contributed by atoms with Gasteiger partial charge in [0.2, 0.25) is 0 Å². The van der Waals surface area contributed by atoms with Crippen LogP contribution in [0.4, 0.5) is 11.4 Å². The number of nitro groups is 1. The fourth-order valence-corrected chi connectivity index (χ4v) is 2.66. The van der Waals surface area contributed by atoms with Crippen LogP contribution in [0.5, 0.6) is 5.75 Å². The van der Waals surface area contributed by atoms with Crippen LogP contribution < -0.4 is 9.64 Å². The third-order valence-corrected chi connectivity index (χ3v) is 3.91. The molecule has 2 aromatic carbocycles. The number of carbonyl (C=O) groups is 2. The number of fused-ring (bicyclic) bond motifs is 1. The zero-order chi connectivity index (χ0) is 18.7. The third-order valence-electron chi connectivity index (χ3n) is 3.67. The van der Waals surface area contributed by atoms with Crippen LogP contribution in [0, 0.1) is 10.1 Å². The van der Waals surface area contributed by atoms with Crippen molar-refractivity contribution in [1.82, 2.24) is 0 Å². The summed E-state index contributed by atoms with van der Waals surface area (Å²) in [6.07, 6.45) is 0. The van der Waals surface area contributed by atoms with Gasteiger partial charge in [0.05, 0.1) is 10.6 Å². The molecule has 0 aromatic heterocycles. The summed E-state index contributed by atoms with van der Waals surface area (Å²) in [5.41, 5.74) is 0.657. The van der Waals surface area contributed by atoms with Gasteiger partial charge in [-0.05, 0) is 23.8 Å². The van der Waals surface area contributed by atoms with E-state index in [1.165, 1.54) is 18.2 Å². The second kappa shape index (κ2) is 7.40. The van der Waals surface area contributed by atoms with E-state index in [9.17, 15) is 19.7 Å². The van der Waals surface area contributed by atoms with Crippen LogP contribution in [0.2, 0.25) is 5.02 Å². The van der Waals surface area contributed by atoms with Gasteiger partial charge < -0.3 is 9.47 Å². The van der Waals surface area contributed by atoms with Crippen LogP contribution in [0.1, 0.15) is 5.56 Å². The van der Waals surface area contributed by atoms with E-state index in [0.717, 1.165) is 4.90 Å². The molecule has 0 bridgehead atoms. The molecule has 0 N–H and O–H groups in total. The van der Waals surface area contributed by atoms with E-state index in [-0.39, 0.29) is 36.9 Å². The van der Waals surface area contributed by atoms with Crippen molar-refractivity contribution in [3.8, 4) is 5.75 Å². The normalized spacial score (nSPS) is 13.0. The minimum Gasteiger partial charge on any atom is -0.482 e. The van der Waals surface area contributed by atoms with Crippen molar-refractivity contribution in [3.63, 3.8) is 0 Å². The summed E-state index contributed by atoms with van der Waals surface area (Å²) < 4.78 is 10.4. The molecule has 134 valence electrons. The second-order valence-corrected chi connectivity index (χ2v) is 5.90. The molecule has 0 radical (unpaired) electrons. The van der Waals surface area contributed by atoms with E-state index in [2.05, 4.69) is 0 Å². The summed E-state index contributed by atoms with van der Waals surface area (Å²) in [5, 5.41) is 11.5. The molecule has 1 aliphatic rings. The average molecular weight is 377 g/mol. The number of carbonyl (C=O) groups excluding carboxylic acids is 2. The van der Waals surface area contributed by atoms with Crippen LogP contribution in [-0.4, -0.2) is 30.0 Å². The van der Waals surface area contributed by atoms with Gasteiger partial charge in [-0.25, -0.2) is 0 Å². The zero-order valence-corrected chi connectivity index (χ0v) is 14.1. The van der Waals surface area contributed by atoms with Crippen LogP contribution in [0.25, 0.3) is 0 Å². The van der Waals surface area contributed by atoms with Gasteiger partial charge in [0, 0.05) is 17.2 Å². The van der Waals surface area contributed by atoms with Gasteiger partial charge in [0.15, 0.2) is 6.61 Å². The maximum Gasteiger partial charge on any atom is 0.326 e. The number of hydrogen-bond donors (Lipinski definition) is 0. The average Bonchev–Trinajstić information content (AvgIpc) is 2.62. The first kappa shape index (κ1) is 17.7. The van der Waals surface area contributed by atoms with E-state index in [1.54, 1.807) is 24.3 Å². The van der Waals surface area contributed by atoms with E-state index >= 15 is 0 Å². The highest BCUT2D eigenvalue weighted by Gasteiger charge is 2.29. The van der Waals surface area contributed by atoms with Gasteiger partial charge in [-0.15, -0.1) is 0 Å². The molecular formula is C17H13ClN2O6. The highest BCUT2D eigenvalue weighted by molar-refractivity contribution is 6.30. The van der Waals surface area contributed by atoms with Gasteiger partial charge in [-0.3, -0.25) is 24.6 Å². The molecule has 0 saturated heterocycles. The zero-order valence-electron chi connectivity index (χ0n) is 13.4. The van der Waals surface area contributed by atoms with Crippen molar-refractivity contribution in [3.05, 3.63) is 63.2 Å². The molecule has 0 aliphatic carbocycles. The van der Waals surface area contributed by atoms with Crippen LogP contribution in [0.3, 0.4) is 0 Å². The summed E-state index contributed by atoms with van der Waals surface area (Å²) in [6, 6.07) is 10.7. The summed E-state index contributed by atoms with van der Waals surface area (Å²) >= 11 is 5.87. The first-order valence-corrected chi connectivity index (χ1v) is 7.93. The Labute approximate surface area is 153 Å². The predicted molar refractivity (Wildman–Crippen MR) is 92.2 cm³/mol. The lowest BCUT2D eigenvalue weighted by atomic mass is 10.2. The molecule has 0 saturated carbocycles. The van der Waals surface area contributed by atoms with E-state index in [4.69, 9.17) is 21.1 Å². The molecule has 9 heteroatoms. The maximum absolute atomic E-state index is 12.1. The molecule has 0 fully saturated rings. The monoisotopic (exact) mass is 376 g/mol. The summed E-state index contributed by atoms with van der Waals surface area (Å²) in [6.45, 7) is -0.636. The lowest BCUT2D eigenvalue weighted by Crippen LogP contribution is -2.42. The SMILES string of the molecule is O=C(CN1C(=O)COc2ccc([N+](=O)[O-])cc21)OCc1cccc(Cl)c1. The molecule has 0 atom stereocenters. The van der Waals surface area contributed by atoms with Gasteiger partial charge in [-0.2, -0.15) is 0 Å². The standard InChI is InChI=1S/C17H13ClN2O6/c18-12-3-1-2-11(6-12)9-26-17(22)8-19-14-7-13(20(23)24)4-5-15(14)25-10-16(19)21/h1-7H,8-10H2. The number of nitro benzene ring substituents is 1. The quantitative estimate of drug-likeness (QED) is 0.452. The highest BCUT2D eigenvalue weighted by Crippen LogP contribution is 2.35. The van der Waals surface area contributed by atoms with Gasteiger partial charge in [0.25, 0.3) is 11.6 Å². The Morgan fingerprint density at radius 2 is 2.12 bits per heavy atom. The summed E-state index contributed by atoms with van der Waals surface area (Å²) in [5.74, 6) is -0.853. The number of benzene rings is 2. The number of amides is 1. The molecule has 1 heterocycles. The first-order chi connectivity index (χ1) is 12.4. The minimum atomic E-state index is -0.655. The Morgan fingerprint density at radius 1 is 1.31 bits per heavy atom. The van der Waals surface area contributed by atoms with E-state index in [1.807, 2.05) is 0 Å². The lowest BCUT2D eigenvalue weighted by Gasteiger charge is -2.28. The van der Waals surface area contributed by atoms with Crippen molar-refractivity contribution in [2.75, 3.05) is 18.1 Å². The fourth-order valence-electron chi connectivity index (χ4n) is 2.44. The van der Waals surface area contributed by atoms with Crippen molar-refractivity contribution < 1.29 is 24.0 Å². The number of esters is 1. The van der Waals surface area contributed by atoms with Crippen molar-refractivity contribution in [2.24, 2.45) is 0 Å². The Balaban J connectivity index is 1.72. The number of halogens is 1. The van der Waals surface area contributed by atoms with Crippen molar-refractivity contribution >= 4 is 34.9 Å². The number of hydrogen-bond acceptors (Lipinski definition) is 6. The van der Waals surface area contributed by atoms with Crippen molar-refractivity contribution in [2.45, 2.75) is 6.61 Å². The van der Waals surface area contributed by atoms with Crippen LogP contribution in [-0.2, 0) is 20.9 Å². The van der Waals surface area contributed by atoms with Gasteiger partial charge in [-0.1, -0.05) is 23.7 Å². The molecule has 0 unspecified atom stereocenters. The highest BCUT2D eigenvalue weighted by atomic mass is 35.5. The van der Waals surface area contributed by atoms with Gasteiger partial charge >= 0.3 is 5.97 Å². The number of rotatable bonds is 5. The number of non-ortho nitro benzene ring substituents is 1. The largest absolute Gasteiger partial charge is 0.482 e. The molecule has 1 amide bonds. The summed E-state index contributed by atoms with van der Waals surface area (Å²) in [4.78, 5) is 35.7. The first-order valence-electron chi connectivity index (χ1n) is 7.56. The second-order valence-electron chi connectivity index (χ2n) is 5.47. The molecule has 2 aromatic rings. The molecule has 0 spiro atoms. The van der Waals surface area contributed by atoms with E-state index in [0.29, 0.717) is 10.6 Å². The predicted octanol–water partition coefficient (Wildman–Crippen LogP) is 2.72. The topological polar surface area (TPSA) is 99.0 Å². The fraction of sp³-hybridized carbons (Fsp3) is 0.176. The van der Waals surface area contributed by atoms with Crippen molar-refractivity contribution in [1.29, 1.82) is 0 Å². The summed E-state index contributed by atoms with van der Waals surface area (Å²) in [7, 11) is 0. The van der Waals surface area contributed by atoms with Crippen LogP contribution in [0.15, 0.2) is 42.5 Å². The Hall–Kier alpha value is -3.13.